The van der Waals surface area contributed by atoms with E-state index in [2.05, 4.69) is 15.2 Å². The van der Waals surface area contributed by atoms with Gasteiger partial charge in [-0.3, -0.25) is 9.69 Å². The minimum absolute atomic E-state index is 0. The van der Waals surface area contributed by atoms with Gasteiger partial charge in [0.1, 0.15) is 5.60 Å². The first-order chi connectivity index (χ1) is 13.7. The minimum Gasteiger partial charge on any atom is -0.439 e. The SMILES string of the molecule is COC1(C(=O)N2CCN(Cc3ncc(-c4ccccc4)o3)CC2)CCNCC1.Cl.Cl. The molecule has 0 bridgehead atoms. The molecule has 1 amide bonds. The number of ether oxygens (including phenoxy) is 1. The molecule has 2 aliphatic rings. The topological polar surface area (TPSA) is 70.8 Å². The molecule has 1 aromatic carbocycles. The van der Waals surface area contributed by atoms with Crippen LogP contribution in [0.15, 0.2) is 40.9 Å². The maximum absolute atomic E-state index is 13.1. The van der Waals surface area contributed by atoms with E-state index in [4.69, 9.17) is 9.15 Å². The van der Waals surface area contributed by atoms with Crippen LogP contribution in [-0.2, 0) is 16.1 Å². The van der Waals surface area contributed by atoms with E-state index in [9.17, 15) is 4.79 Å². The van der Waals surface area contributed by atoms with Gasteiger partial charge in [0.25, 0.3) is 5.91 Å². The molecule has 0 unspecified atom stereocenters. The molecule has 2 saturated heterocycles. The molecule has 0 aliphatic carbocycles. The molecule has 0 spiro atoms. The number of oxazole rings is 1. The van der Waals surface area contributed by atoms with Crippen LogP contribution in [0.3, 0.4) is 0 Å². The Balaban J connectivity index is 0.00000160. The second-order valence-electron chi connectivity index (χ2n) is 7.50. The average Bonchev–Trinajstić information content (AvgIpc) is 3.23. The van der Waals surface area contributed by atoms with Crippen LogP contribution in [0.5, 0.6) is 0 Å². The van der Waals surface area contributed by atoms with Gasteiger partial charge in [-0.2, -0.15) is 0 Å². The van der Waals surface area contributed by atoms with Crippen molar-refractivity contribution in [3.8, 4) is 11.3 Å². The first-order valence-electron chi connectivity index (χ1n) is 9.98. The number of amides is 1. The fraction of sp³-hybridized carbons (Fsp3) is 0.524. The monoisotopic (exact) mass is 456 g/mol. The van der Waals surface area contributed by atoms with Gasteiger partial charge < -0.3 is 19.4 Å². The average molecular weight is 457 g/mol. The number of rotatable bonds is 5. The summed E-state index contributed by atoms with van der Waals surface area (Å²) in [7, 11) is 1.66. The van der Waals surface area contributed by atoms with Crippen molar-refractivity contribution in [3.63, 3.8) is 0 Å². The van der Waals surface area contributed by atoms with E-state index in [0.717, 1.165) is 50.3 Å². The van der Waals surface area contributed by atoms with Crippen molar-refractivity contribution in [2.24, 2.45) is 0 Å². The zero-order chi connectivity index (χ0) is 19.4. The molecule has 0 radical (unpaired) electrons. The normalized spacial score (nSPS) is 18.9. The Morgan fingerprint density at radius 3 is 2.43 bits per heavy atom. The molecule has 166 valence electrons. The molecule has 2 fully saturated rings. The van der Waals surface area contributed by atoms with E-state index < -0.39 is 5.60 Å². The van der Waals surface area contributed by atoms with E-state index in [1.54, 1.807) is 13.3 Å². The summed E-state index contributed by atoms with van der Waals surface area (Å²) in [6.07, 6.45) is 3.26. The van der Waals surface area contributed by atoms with Gasteiger partial charge in [-0.1, -0.05) is 30.3 Å². The molecular weight excluding hydrogens is 427 g/mol. The lowest BCUT2D eigenvalue weighted by Gasteiger charge is -2.42. The molecular formula is C21H30Cl2N4O3. The smallest absolute Gasteiger partial charge is 0.254 e. The molecule has 0 saturated carbocycles. The number of halogens is 2. The molecule has 30 heavy (non-hydrogen) atoms. The Labute approximate surface area is 190 Å². The summed E-state index contributed by atoms with van der Waals surface area (Å²) in [5.41, 5.74) is 0.379. The van der Waals surface area contributed by atoms with Crippen molar-refractivity contribution in [1.82, 2.24) is 20.1 Å². The maximum atomic E-state index is 13.1. The highest BCUT2D eigenvalue weighted by Gasteiger charge is 2.43. The van der Waals surface area contributed by atoms with E-state index >= 15 is 0 Å². The summed E-state index contributed by atoms with van der Waals surface area (Å²) in [6, 6.07) is 9.99. The van der Waals surface area contributed by atoms with Crippen molar-refractivity contribution in [2.75, 3.05) is 46.4 Å². The van der Waals surface area contributed by atoms with Crippen LogP contribution in [0.2, 0.25) is 0 Å². The van der Waals surface area contributed by atoms with Crippen LogP contribution in [-0.4, -0.2) is 72.7 Å². The van der Waals surface area contributed by atoms with Crippen LogP contribution in [0.4, 0.5) is 0 Å². The van der Waals surface area contributed by atoms with Crippen molar-refractivity contribution in [1.29, 1.82) is 0 Å². The van der Waals surface area contributed by atoms with E-state index in [-0.39, 0.29) is 30.7 Å². The number of nitrogens with one attached hydrogen (secondary N) is 1. The van der Waals surface area contributed by atoms with Crippen molar-refractivity contribution < 1.29 is 13.9 Å². The predicted molar refractivity (Wildman–Crippen MR) is 120 cm³/mol. The Morgan fingerprint density at radius 1 is 1.13 bits per heavy atom. The highest BCUT2D eigenvalue weighted by molar-refractivity contribution is 5.86. The molecule has 1 aromatic heterocycles. The number of hydrogen-bond donors (Lipinski definition) is 1. The van der Waals surface area contributed by atoms with E-state index in [1.165, 1.54) is 0 Å². The molecule has 2 aromatic rings. The summed E-state index contributed by atoms with van der Waals surface area (Å²) >= 11 is 0. The first kappa shape index (κ1) is 24.6. The van der Waals surface area contributed by atoms with Gasteiger partial charge in [0.15, 0.2) is 5.76 Å². The number of carbonyl (C=O) groups excluding carboxylic acids is 1. The number of hydrogen-bond acceptors (Lipinski definition) is 6. The number of benzene rings is 1. The molecule has 9 heteroatoms. The number of carbonyl (C=O) groups is 1. The lowest BCUT2D eigenvalue weighted by molar-refractivity contribution is -0.160. The predicted octanol–water partition coefficient (Wildman–Crippen LogP) is 2.60. The van der Waals surface area contributed by atoms with E-state index in [0.29, 0.717) is 25.5 Å². The zero-order valence-corrected chi connectivity index (χ0v) is 18.8. The second kappa shape index (κ2) is 11.1. The Hall–Kier alpha value is -1.64. The van der Waals surface area contributed by atoms with Gasteiger partial charge in [0.2, 0.25) is 5.89 Å². The fourth-order valence-corrected chi connectivity index (χ4v) is 4.04. The van der Waals surface area contributed by atoms with Gasteiger partial charge in [0.05, 0.1) is 12.7 Å². The number of piperidine rings is 1. The largest absolute Gasteiger partial charge is 0.439 e. The third-order valence-corrected chi connectivity index (χ3v) is 5.82. The molecule has 7 nitrogen and oxygen atoms in total. The number of piperazine rings is 1. The number of nitrogens with zero attached hydrogens (tertiary/aromatic N) is 3. The Kier molecular flexibility index (Phi) is 9.12. The standard InChI is InChI=1S/C21H28N4O3.2ClH/c1-27-21(7-9-22-10-8-21)20(26)25-13-11-24(12-14-25)16-19-23-15-18(28-19)17-5-3-2-4-6-17;;/h2-6,15,22H,7-14,16H2,1H3;2*1H. The highest BCUT2D eigenvalue weighted by Crippen LogP contribution is 2.26. The third kappa shape index (κ3) is 5.34. The Morgan fingerprint density at radius 2 is 1.80 bits per heavy atom. The van der Waals surface area contributed by atoms with Crippen LogP contribution in [0.1, 0.15) is 18.7 Å². The van der Waals surface area contributed by atoms with Crippen molar-refractivity contribution in [3.05, 3.63) is 42.4 Å². The van der Waals surface area contributed by atoms with Gasteiger partial charge in [-0.05, 0) is 25.9 Å². The number of aromatic nitrogens is 1. The molecule has 4 rings (SSSR count). The van der Waals surface area contributed by atoms with Gasteiger partial charge in [-0.15, -0.1) is 24.8 Å². The minimum atomic E-state index is -0.652. The zero-order valence-electron chi connectivity index (χ0n) is 17.2. The van der Waals surface area contributed by atoms with Crippen LogP contribution in [0.25, 0.3) is 11.3 Å². The molecule has 0 atom stereocenters. The number of methoxy groups -OCH3 is 1. The molecule has 1 N–H and O–H groups in total. The summed E-state index contributed by atoms with van der Waals surface area (Å²) in [5.74, 6) is 1.64. The van der Waals surface area contributed by atoms with Crippen molar-refractivity contribution in [2.45, 2.75) is 25.0 Å². The summed E-state index contributed by atoms with van der Waals surface area (Å²) in [5, 5.41) is 3.30. The molecule has 2 aliphatic heterocycles. The van der Waals surface area contributed by atoms with Gasteiger partial charge >= 0.3 is 0 Å². The van der Waals surface area contributed by atoms with Gasteiger partial charge in [-0.25, -0.2) is 4.98 Å². The lowest BCUT2D eigenvalue weighted by atomic mass is 9.90. The van der Waals surface area contributed by atoms with Crippen LogP contribution < -0.4 is 5.32 Å². The van der Waals surface area contributed by atoms with Crippen LogP contribution >= 0.6 is 24.8 Å². The second-order valence-corrected chi connectivity index (χ2v) is 7.50. The van der Waals surface area contributed by atoms with Crippen LogP contribution in [0, 0.1) is 0 Å². The highest BCUT2D eigenvalue weighted by atomic mass is 35.5. The first-order valence-corrected chi connectivity index (χ1v) is 9.98. The van der Waals surface area contributed by atoms with Gasteiger partial charge in [0, 0.05) is 38.9 Å². The third-order valence-electron chi connectivity index (χ3n) is 5.82. The van der Waals surface area contributed by atoms with Crippen molar-refractivity contribution >= 4 is 30.7 Å². The summed E-state index contributed by atoms with van der Waals surface area (Å²) in [4.78, 5) is 21.7. The lowest BCUT2D eigenvalue weighted by Crippen LogP contribution is -2.59. The quantitative estimate of drug-likeness (QED) is 0.745. The molecule has 3 heterocycles. The van der Waals surface area contributed by atoms with E-state index in [1.807, 2.05) is 35.2 Å². The fourth-order valence-electron chi connectivity index (χ4n) is 4.04. The Bertz CT molecular complexity index is 789. The summed E-state index contributed by atoms with van der Waals surface area (Å²) in [6.45, 7) is 5.36. The summed E-state index contributed by atoms with van der Waals surface area (Å²) < 4.78 is 11.6. The maximum Gasteiger partial charge on any atom is 0.254 e.